The zero-order valence-electron chi connectivity index (χ0n) is 1.72. The van der Waals surface area contributed by atoms with Crippen molar-refractivity contribution in [3.05, 3.63) is 0 Å². The summed E-state index contributed by atoms with van der Waals surface area (Å²) in [6.45, 7) is 0. The normalized spacial score (nSPS) is 2.00. The molecule has 2 nitrogen and oxygen atoms in total. The van der Waals surface area contributed by atoms with E-state index in [1.165, 1.54) is 0 Å². The van der Waals surface area contributed by atoms with Gasteiger partial charge in [0.1, 0.15) is 0 Å². The van der Waals surface area contributed by atoms with Crippen LogP contribution >= 0.6 is 0 Å². The number of hydrogen-bond donors (Lipinski definition) is 0. The summed E-state index contributed by atoms with van der Waals surface area (Å²) in [7, 11) is 0. The van der Waals surface area contributed by atoms with Crippen LogP contribution in [0.2, 0.25) is 0 Å². The van der Waals surface area contributed by atoms with E-state index in [-0.39, 0.29) is 0 Å². The predicted molar refractivity (Wildman–Crippen MR) is 7.13 cm³/mol. The monoisotopic (exact) mass is 204 g/mol. The Morgan fingerprint density at radius 2 is 1.25 bits per heavy atom. The molecule has 0 aromatic carbocycles. The van der Waals surface area contributed by atoms with E-state index in [0.717, 1.165) is 16.5 Å². The molecule has 0 aliphatic rings. The Labute approximate surface area is 43.6 Å². The molecule has 22 valence electrons. The van der Waals surface area contributed by atoms with E-state index in [9.17, 15) is 0 Å². The molecule has 2 radical (unpaired) electrons. The van der Waals surface area contributed by atoms with Crippen LogP contribution in [0.4, 0.5) is 0 Å². The van der Waals surface area contributed by atoms with Gasteiger partial charge in [0, 0.05) is 0 Å². The summed E-state index contributed by atoms with van der Waals surface area (Å²) in [6, 6.07) is 0. The minimum atomic E-state index is 0.700. The molecule has 0 fully saturated rings. The van der Waals surface area contributed by atoms with Gasteiger partial charge >= 0.3 is 43.4 Å². The van der Waals surface area contributed by atoms with Crippen LogP contribution in [0.3, 0.4) is 0 Å². The third-order valence-corrected chi connectivity index (χ3v) is 0. The molecule has 0 amide bonds. The molecular weight excluding hydrogens is 201 g/mol. The van der Waals surface area contributed by atoms with Gasteiger partial charge in [-0.25, -0.2) is 0 Å². The Hall–Kier alpha value is 0.831. The van der Waals surface area contributed by atoms with E-state index in [2.05, 4.69) is 0 Å². The number of rotatable bonds is 0. The molecule has 0 aliphatic heterocycles. The molecule has 4 heavy (non-hydrogen) atoms. The van der Waals surface area contributed by atoms with Crippen LogP contribution in [-0.2, 0) is 27.0 Å². The molecule has 0 saturated carbocycles. The fourth-order valence-electron chi connectivity index (χ4n) is 0. The third-order valence-electron chi connectivity index (χ3n) is 0. The first-order valence-electron chi connectivity index (χ1n) is 0.371. The van der Waals surface area contributed by atoms with E-state index in [0.29, 0.717) is 19.8 Å². The average molecular weight is 201 g/mol. The summed E-state index contributed by atoms with van der Waals surface area (Å²) < 4.78 is 16.5. The maximum absolute atomic E-state index is 8.26. The van der Waals surface area contributed by atoms with Gasteiger partial charge in [-0.05, 0) is 0 Å². The van der Waals surface area contributed by atoms with Gasteiger partial charge in [0.05, 0.1) is 0 Å². The molecule has 0 spiro atoms. The summed E-state index contributed by atoms with van der Waals surface area (Å²) in [5.41, 5.74) is 0. The van der Waals surface area contributed by atoms with E-state index in [4.69, 9.17) is 7.18 Å². The predicted octanol–water partition coefficient (Wildman–Crippen LogP) is -0.621. The second-order valence-electron chi connectivity index (χ2n) is 0. The molecule has 0 aromatic rings. The summed E-state index contributed by atoms with van der Waals surface area (Å²) in [4.78, 5) is 0. The summed E-state index contributed by atoms with van der Waals surface area (Å²) in [5.74, 6) is 0. The van der Waals surface area contributed by atoms with Crippen molar-refractivity contribution >= 4 is 16.5 Å². The minimum absolute atomic E-state index is 0.700. The van der Waals surface area contributed by atoms with Crippen LogP contribution in [-0.4, -0.2) is 16.5 Å². The van der Waals surface area contributed by atoms with E-state index < -0.39 is 0 Å². The van der Waals surface area contributed by atoms with Gasteiger partial charge in [0.25, 0.3) is 0 Å². The molecule has 0 rings (SSSR count). The molecule has 0 heterocycles. The van der Waals surface area contributed by atoms with Gasteiger partial charge < -0.3 is 0 Å². The van der Waals surface area contributed by atoms with Gasteiger partial charge in [-0.1, -0.05) is 0 Å². The number of hydrogen-bond acceptors (Lipinski definition) is 2. The van der Waals surface area contributed by atoms with Crippen LogP contribution in [0, 0.1) is 0 Å². The maximum atomic E-state index is 8.26. The zero-order valence-corrected chi connectivity index (χ0v) is 5.83. The first-order valence-corrected chi connectivity index (χ1v) is 2.05. The Morgan fingerprint density at radius 1 is 1.25 bits per heavy atom. The Balaban J connectivity index is 0. The first kappa shape index (κ1) is 8.85. The first-order chi connectivity index (χ1) is 2.00. The SMILES string of the molecule is [O]=[Ge].[O]=[Mo]. The second-order valence-corrected chi connectivity index (χ2v) is 0. The molecule has 0 saturated heterocycles. The van der Waals surface area contributed by atoms with E-state index >= 15 is 0 Å². The molecule has 4 heteroatoms. The molecule has 0 unspecified atom stereocenters. The van der Waals surface area contributed by atoms with Gasteiger partial charge in [-0.3, -0.25) is 0 Å². The fourth-order valence-corrected chi connectivity index (χ4v) is 0. The van der Waals surface area contributed by atoms with Gasteiger partial charge in [-0.15, -0.1) is 0 Å². The van der Waals surface area contributed by atoms with Crippen molar-refractivity contribution in [2.75, 3.05) is 0 Å². The van der Waals surface area contributed by atoms with Crippen molar-refractivity contribution in [3.63, 3.8) is 0 Å². The molecule has 0 bridgehead atoms. The average Bonchev–Trinajstić information content (AvgIpc) is 1.50. The Bertz CT molecular complexity index is 8.00. The van der Waals surface area contributed by atoms with Crippen LogP contribution in [0.15, 0.2) is 0 Å². The van der Waals surface area contributed by atoms with Crippen LogP contribution < -0.4 is 0 Å². The fraction of sp³-hybridized carbons (Fsp3) is 0. The van der Waals surface area contributed by atoms with E-state index in [1.54, 1.807) is 0 Å². The standard InChI is InChI=1S/GeO.Mo.O/c1-2;;. The molecular formula is GeMoO2. The molecule has 0 aliphatic carbocycles. The summed E-state index contributed by atoms with van der Waals surface area (Å²) in [6.07, 6.45) is 0. The van der Waals surface area contributed by atoms with Crippen molar-refractivity contribution in [3.8, 4) is 0 Å². The Morgan fingerprint density at radius 3 is 1.25 bits per heavy atom. The second kappa shape index (κ2) is 44.5. The summed E-state index contributed by atoms with van der Waals surface area (Å²) in [5, 5.41) is 0. The van der Waals surface area contributed by atoms with Gasteiger partial charge in [0.15, 0.2) is 0 Å². The topological polar surface area (TPSA) is 34.1 Å². The van der Waals surface area contributed by atoms with Crippen LogP contribution in [0.1, 0.15) is 0 Å². The van der Waals surface area contributed by atoms with Gasteiger partial charge in [0.2, 0.25) is 0 Å². The Kier molecular flexibility index (Phi) is 98.3. The van der Waals surface area contributed by atoms with Crippen LogP contribution in [0.5, 0.6) is 0 Å². The van der Waals surface area contributed by atoms with Crippen molar-refractivity contribution in [2.24, 2.45) is 0 Å². The van der Waals surface area contributed by atoms with Crippen molar-refractivity contribution in [2.45, 2.75) is 0 Å². The van der Waals surface area contributed by atoms with Crippen molar-refractivity contribution < 1.29 is 27.0 Å². The molecule has 0 atom stereocenters. The van der Waals surface area contributed by atoms with Crippen molar-refractivity contribution in [1.29, 1.82) is 0 Å². The summed E-state index contributed by atoms with van der Waals surface area (Å²) >= 11 is 1.45. The van der Waals surface area contributed by atoms with Crippen LogP contribution in [0.25, 0.3) is 0 Å². The quantitative estimate of drug-likeness (QED) is 0.489. The molecule has 0 aromatic heterocycles. The zero-order chi connectivity index (χ0) is 4.00. The molecule has 0 N–H and O–H groups in total. The van der Waals surface area contributed by atoms with Gasteiger partial charge in [-0.2, -0.15) is 0 Å². The third kappa shape index (κ3) is 13.7. The van der Waals surface area contributed by atoms with E-state index in [1.807, 2.05) is 0 Å². The van der Waals surface area contributed by atoms with Crippen molar-refractivity contribution in [1.82, 2.24) is 0 Å².